The summed E-state index contributed by atoms with van der Waals surface area (Å²) in [4.78, 5) is 26.3. The lowest BCUT2D eigenvalue weighted by Gasteiger charge is -2.63. The van der Waals surface area contributed by atoms with E-state index in [2.05, 4.69) is 0 Å². The third-order valence-corrected chi connectivity index (χ3v) is 6.02. The average Bonchev–Trinajstić information content (AvgIpc) is 2.62. The molecule has 0 aliphatic heterocycles. The van der Waals surface area contributed by atoms with Crippen molar-refractivity contribution in [2.75, 3.05) is 40.8 Å². The molecule has 0 saturated heterocycles. The number of aliphatic hydroxyl groups excluding tert-OH is 1. The van der Waals surface area contributed by atoms with Crippen LogP contribution >= 0.6 is 0 Å². The summed E-state index contributed by atoms with van der Waals surface area (Å²) in [5, 5.41) is 68.4. The molecule has 1 rings (SSSR count). The van der Waals surface area contributed by atoms with Gasteiger partial charge in [-0.05, 0) is 65.2 Å². The van der Waals surface area contributed by atoms with Gasteiger partial charge in [0.05, 0.1) is 0 Å². The van der Waals surface area contributed by atoms with E-state index in [-0.39, 0.29) is 38.9 Å². The summed E-state index contributed by atoms with van der Waals surface area (Å²) in [6, 6.07) is -2.44. The van der Waals surface area contributed by atoms with Crippen LogP contribution in [0.15, 0.2) is 0 Å². The van der Waals surface area contributed by atoms with E-state index in [1.165, 1.54) is 11.9 Å². The number of carbonyl (C=O) groups is 2. The summed E-state index contributed by atoms with van der Waals surface area (Å²) in [6.45, 7) is 1.91. The zero-order valence-electron chi connectivity index (χ0n) is 17.9. The molecule has 1 saturated carbocycles. The number of carboxylic acids is 2. The van der Waals surface area contributed by atoms with Crippen LogP contribution in [0.5, 0.6) is 0 Å². The molecule has 1 aliphatic rings. The predicted octanol–water partition coefficient (Wildman–Crippen LogP) is -6.66. The van der Waals surface area contributed by atoms with E-state index in [4.69, 9.17) is 5.11 Å². The number of likely N-dealkylation sites (N-methyl/N-ethyl adjacent to an activating group) is 3. The first-order valence-electron chi connectivity index (χ1n) is 10.0. The fraction of sp³-hybridized carbons (Fsp3) is 0.895. The number of aliphatic carboxylic acids is 2. The SMILES string of the molecule is C[C@H]1[C@@H](N(C)CCC(=O)[O-])[C@@H]([O-])[C@@H](N(C)CCC(=O)[O-])[C@@H]([O-])[C@H]1N(C)CCC([O-])O. The molecule has 30 heavy (non-hydrogen) atoms. The first kappa shape index (κ1) is 26.7. The summed E-state index contributed by atoms with van der Waals surface area (Å²) in [6.07, 6.45) is -5.29. The van der Waals surface area contributed by atoms with E-state index in [1.54, 1.807) is 30.8 Å². The monoisotopic (exact) mass is 430 g/mol. The largest absolute Gasteiger partial charge is 0.850 e. The zero-order valence-corrected chi connectivity index (χ0v) is 17.9. The Kier molecular flexibility index (Phi) is 10.6. The molecular formula is C19H32N3O8-5. The lowest BCUT2D eigenvalue weighted by atomic mass is 9.73. The van der Waals surface area contributed by atoms with E-state index in [0.717, 1.165) is 0 Å². The van der Waals surface area contributed by atoms with Gasteiger partial charge in [-0.2, -0.15) is 0 Å². The highest BCUT2D eigenvalue weighted by Crippen LogP contribution is 2.32. The molecule has 11 heteroatoms. The summed E-state index contributed by atoms with van der Waals surface area (Å²) < 4.78 is 0. The minimum atomic E-state index is -1.79. The summed E-state index contributed by atoms with van der Waals surface area (Å²) in [5.41, 5.74) is 0. The van der Waals surface area contributed by atoms with Crippen LogP contribution in [0.4, 0.5) is 0 Å². The Hall–Kier alpha value is -1.34. The van der Waals surface area contributed by atoms with E-state index < -0.39 is 54.5 Å². The van der Waals surface area contributed by atoms with Crippen molar-refractivity contribution >= 4 is 11.9 Å². The first-order chi connectivity index (χ1) is 13.9. The first-order valence-corrected chi connectivity index (χ1v) is 10.0. The Morgan fingerprint density at radius 3 is 1.57 bits per heavy atom. The Morgan fingerprint density at radius 2 is 1.20 bits per heavy atom. The smallest absolute Gasteiger partial charge is 0.0427 e. The standard InChI is InChI=1S/C19H34N3O8/c1-11-15(20(2)8-5-12(23)24)18(29)17(22(4)10-7-14(27)28)19(30)16(11)21(3)9-6-13(25)26/h11-12,15-19,23H,5-10H2,1-4H3,(H,25,26)(H,27,28)/q-3/p-2/t11-,12?,15+,16-,17+,18+,19-/m1/s1. The molecule has 7 atom stereocenters. The molecule has 0 aromatic rings. The van der Waals surface area contributed by atoms with Gasteiger partial charge in [-0.1, -0.05) is 19.1 Å². The van der Waals surface area contributed by atoms with Gasteiger partial charge in [0.2, 0.25) is 0 Å². The highest BCUT2D eigenvalue weighted by molar-refractivity contribution is 5.64. The van der Waals surface area contributed by atoms with Crippen LogP contribution in [-0.4, -0.2) is 109 Å². The number of rotatable bonds is 12. The Morgan fingerprint density at radius 1 is 0.833 bits per heavy atom. The molecule has 0 aromatic heterocycles. The van der Waals surface area contributed by atoms with Gasteiger partial charge in [-0.3, -0.25) is 0 Å². The molecule has 1 unspecified atom stereocenters. The topological polar surface area (TPSA) is 179 Å². The molecule has 0 aromatic carbocycles. The Bertz CT molecular complexity index is 526. The number of carboxylic acid groups (broad SMARTS) is 2. The molecule has 0 bridgehead atoms. The van der Waals surface area contributed by atoms with Crippen LogP contribution in [0.25, 0.3) is 0 Å². The van der Waals surface area contributed by atoms with Crippen LogP contribution in [0.1, 0.15) is 26.2 Å². The summed E-state index contributed by atoms with van der Waals surface area (Å²) >= 11 is 0. The molecule has 1 aliphatic carbocycles. The van der Waals surface area contributed by atoms with Gasteiger partial charge in [-0.25, -0.2) is 0 Å². The van der Waals surface area contributed by atoms with E-state index >= 15 is 0 Å². The van der Waals surface area contributed by atoms with Gasteiger partial charge in [0, 0.05) is 37.1 Å². The number of nitrogens with zero attached hydrogens (tertiary/aromatic N) is 3. The number of hydrogen-bond acceptors (Lipinski definition) is 11. The van der Waals surface area contributed by atoms with Crippen molar-refractivity contribution in [3.63, 3.8) is 0 Å². The minimum Gasteiger partial charge on any atom is -0.850 e. The number of aliphatic hydroxyl groups is 1. The maximum atomic E-state index is 13.3. The van der Waals surface area contributed by atoms with Gasteiger partial charge >= 0.3 is 0 Å². The lowest BCUT2D eigenvalue weighted by molar-refractivity contribution is -0.511. The summed E-state index contributed by atoms with van der Waals surface area (Å²) in [7, 11) is 4.75. The number of carbonyl (C=O) groups excluding carboxylic acids is 2. The van der Waals surface area contributed by atoms with E-state index in [0.29, 0.717) is 0 Å². The second-order valence-corrected chi connectivity index (χ2v) is 8.19. The van der Waals surface area contributed by atoms with Gasteiger partial charge in [-0.15, -0.1) is 0 Å². The van der Waals surface area contributed by atoms with Crippen molar-refractivity contribution in [3.05, 3.63) is 0 Å². The predicted molar refractivity (Wildman–Crippen MR) is 95.9 cm³/mol. The average molecular weight is 430 g/mol. The molecule has 0 spiro atoms. The molecule has 0 amide bonds. The minimum absolute atomic E-state index is 0.0376. The van der Waals surface area contributed by atoms with Crippen molar-refractivity contribution in [1.82, 2.24) is 14.7 Å². The van der Waals surface area contributed by atoms with Crippen LogP contribution in [0.3, 0.4) is 0 Å². The van der Waals surface area contributed by atoms with Crippen molar-refractivity contribution < 1.29 is 40.2 Å². The molecule has 11 nitrogen and oxygen atoms in total. The molecule has 0 heterocycles. The third kappa shape index (κ3) is 7.12. The fourth-order valence-electron chi connectivity index (χ4n) is 4.49. The van der Waals surface area contributed by atoms with Gasteiger partial charge < -0.3 is 54.9 Å². The maximum Gasteiger partial charge on any atom is 0.0427 e. The van der Waals surface area contributed by atoms with E-state index in [1.807, 2.05) is 0 Å². The van der Waals surface area contributed by atoms with Crippen molar-refractivity contribution in [2.24, 2.45) is 5.92 Å². The van der Waals surface area contributed by atoms with Crippen molar-refractivity contribution in [3.8, 4) is 0 Å². The maximum absolute atomic E-state index is 13.3. The van der Waals surface area contributed by atoms with Gasteiger partial charge in [0.15, 0.2) is 0 Å². The molecule has 0 radical (unpaired) electrons. The second-order valence-electron chi connectivity index (χ2n) is 8.19. The third-order valence-electron chi connectivity index (χ3n) is 6.02. The quantitative estimate of drug-likeness (QED) is 0.291. The van der Waals surface area contributed by atoms with Crippen molar-refractivity contribution in [1.29, 1.82) is 0 Å². The fourth-order valence-corrected chi connectivity index (χ4v) is 4.49. The number of hydrogen-bond donors (Lipinski definition) is 1. The van der Waals surface area contributed by atoms with Gasteiger partial charge in [0.25, 0.3) is 0 Å². The highest BCUT2D eigenvalue weighted by atomic mass is 16.5. The van der Waals surface area contributed by atoms with Crippen LogP contribution < -0.4 is 25.5 Å². The molecular weight excluding hydrogens is 398 g/mol. The molecule has 176 valence electrons. The highest BCUT2D eigenvalue weighted by Gasteiger charge is 2.43. The zero-order chi connectivity index (χ0) is 23.2. The van der Waals surface area contributed by atoms with Crippen LogP contribution in [0.2, 0.25) is 0 Å². The Balaban J connectivity index is 3.16. The van der Waals surface area contributed by atoms with Crippen LogP contribution in [0, 0.1) is 5.92 Å². The van der Waals surface area contributed by atoms with Crippen LogP contribution in [-0.2, 0) is 9.59 Å². The molecule has 1 fully saturated rings. The van der Waals surface area contributed by atoms with Gasteiger partial charge in [0.1, 0.15) is 0 Å². The summed E-state index contributed by atoms with van der Waals surface area (Å²) in [5.74, 6) is -3.01. The second kappa shape index (κ2) is 11.9. The lowest BCUT2D eigenvalue weighted by Crippen LogP contribution is -2.77. The Labute approximate surface area is 177 Å². The normalized spacial score (nSPS) is 30.8. The molecule has 1 N–H and O–H groups in total. The van der Waals surface area contributed by atoms with Crippen molar-refractivity contribution in [2.45, 2.75) is 62.8 Å². The van der Waals surface area contributed by atoms with E-state index in [9.17, 15) is 35.1 Å².